The summed E-state index contributed by atoms with van der Waals surface area (Å²) in [6, 6.07) is 70.3. The second-order valence-corrected chi connectivity index (χ2v) is 22.1. The number of rotatable bonds is 6. The molecule has 2 fully saturated rings. The minimum atomic E-state index is -0.574. The van der Waals surface area contributed by atoms with E-state index in [1.165, 1.54) is 104 Å². The van der Waals surface area contributed by atoms with Gasteiger partial charge in [-0.3, -0.25) is 0 Å². The quantitative estimate of drug-likeness (QED) is 0.156. The van der Waals surface area contributed by atoms with Gasteiger partial charge in [-0.05, 0) is 179 Å². The summed E-state index contributed by atoms with van der Waals surface area (Å²) < 4.78 is 0. The maximum atomic E-state index is 9.65. The average Bonchev–Trinajstić information content (AvgIpc) is 3.92. The van der Waals surface area contributed by atoms with Crippen molar-refractivity contribution in [3.05, 3.63) is 232 Å². The summed E-state index contributed by atoms with van der Waals surface area (Å²) in [5.41, 5.74) is 20.9. The molecule has 2 heterocycles. The van der Waals surface area contributed by atoms with Crippen LogP contribution in [0.3, 0.4) is 0 Å². The van der Waals surface area contributed by atoms with Gasteiger partial charge >= 0.3 is 0 Å². The van der Waals surface area contributed by atoms with Crippen LogP contribution < -0.4 is 9.80 Å². The number of fused-ring (bicyclic) bond motifs is 9. The molecule has 4 nitrogen and oxygen atoms in total. The Morgan fingerprint density at radius 3 is 1.27 bits per heavy atom. The fraction of sp³-hybridized carbons (Fsp3) is 0.254. The molecule has 0 bridgehead atoms. The van der Waals surface area contributed by atoms with E-state index in [0.29, 0.717) is 11.3 Å². The zero-order valence-corrected chi connectivity index (χ0v) is 41.3. The first kappa shape index (κ1) is 43.4. The first-order chi connectivity index (χ1) is 34.6. The third kappa shape index (κ3) is 5.89. The Morgan fingerprint density at radius 1 is 0.451 bits per heavy atom. The number of nitrogens with zero attached hydrogens (tertiary/aromatic N) is 4. The molecule has 2 saturated carbocycles. The normalized spacial score (nSPS) is 24.1. The molecule has 3 aliphatic carbocycles. The monoisotopic (exact) mass is 918 g/mol. The lowest BCUT2D eigenvalue weighted by atomic mass is 9.61. The highest BCUT2D eigenvalue weighted by atomic mass is 15.3. The van der Waals surface area contributed by atoms with Crippen molar-refractivity contribution in [1.82, 2.24) is 0 Å². The standard InChI is InChI=1S/C67H58N4/c1-63-36-12-14-38-65(63,3)70(53-28-20-45(44-68)21-29-53)61-34-24-48(42-59(61)63)46-22-32-55-56-33-23-47(41-58(56)67(57(55)40-46,50-16-8-6-9-17-50)51-18-10-7-11-19-51)49-25-35-62-60(43-49)64(2)37-13-15-39-66(64,4)71(62)54-30-26-52(69-5)27-31-54/h6-11,16-35,40-43H,12-15,36-39H2,1-4H3. The van der Waals surface area contributed by atoms with E-state index in [2.05, 4.69) is 206 Å². The highest BCUT2D eigenvalue weighted by Crippen LogP contribution is 2.64. The second-order valence-electron chi connectivity index (χ2n) is 22.1. The van der Waals surface area contributed by atoms with Gasteiger partial charge in [-0.25, -0.2) is 4.85 Å². The molecule has 0 amide bonds. The molecule has 0 N–H and O–H groups in total. The van der Waals surface area contributed by atoms with E-state index in [-0.39, 0.29) is 21.9 Å². The Hall–Kier alpha value is -7.66. The van der Waals surface area contributed by atoms with Crippen molar-refractivity contribution in [3.8, 4) is 39.4 Å². The van der Waals surface area contributed by atoms with Gasteiger partial charge < -0.3 is 9.80 Å². The van der Waals surface area contributed by atoms with Gasteiger partial charge in [0.2, 0.25) is 0 Å². The Labute approximate surface area is 419 Å². The van der Waals surface area contributed by atoms with Crippen LogP contribution in [-0.2, 0) is 16.2 Å². The molecular formula is C67H58N4. The molecule has 0 saturated heterocycles. The van der Waals surface area contributed by atoms with Crippen molar-refractivity contribution in [2.24, 2.45) is 0 Å². The van der Waals surface area contributed by atoms with E-state index in [1.807, 2.05) is 24.3 Å². The lowest BCUT2D eigenvalue weighted by Gasteiger charge is -2.50. The van der Waals surface area contributed by atoms with Crippen LogP contribution in [-0.4, -0.2) is 11.1 Å². The topological polar surface area (TPSA) is 34.6 Å². The summed E-state index contributed by atoms with van der Waals surface area (Å²) >= 11 is 0. The molecule has 0 aromatic heterocycles. The van der Waals surface area contributed by atoms with Crippen LogP contribution in [0.15, 0.2) is 182 Å². The van der Waals surface area contributed by atoms with Crippen LogP contribution in [0.4, 0.5) is 28.4 Å². The van der Waals surface area contributed by atoms with Crippen LogP contribution in [0.25, 0.3) is 38.2 Å². The maximum absolute atomic E-state index is 9.65. The highest BCUT2D eigenvalue weighted by molar-refractivity contribution is 5.91. The van der Waals surface area contributed by atoms with Gasteiger partial charge in [0.15, 0.2) is 5.69 Å². The summed E-state index contributed by atoms with van der Waals surface area (Å²) in [7, 11) is 0. The molecule has 8 aromatic carbocycles. The van der Waals surface area contributed by atoms with Crippen molar-refractivity contribution in [2.75, 3.05) is 9.80 Å². The number of anilines is 4. The Morgan fingerprint density at radius 2 is 0.845 bits per heavy atom. The predicted molar refractivity (Wildman–Crippen MR) is 291 cm³/mol. The lowest BCUT2D eigenvalue weighted by molar-refractivity contribution is 0.195. The fourth-order valence-electron chi connectivity index (χ4n) is 14.8. The molecule has 4 heteroatoms. The third-order valence-electron chi connectivity index (χ3n) is 18.9. The minimum absolute atomic E-state index is 0.0389. The van der Waals surface area contributed by atoms with E-state index in [1.54, 1.807) is 0 Å². The maximum Gasteiger partial charge on any atom is 0.187 e. The fourth-order valence-corrected chi connectivity index (χ4v) is 14.8. The van der Waals surface area contributed by atoms with Crippen LogP contribution in [0.5, 0.6) is 0 Å². The molecule has 4 atom stereocenters. The molecular weight excluding hydrogens is 861 g/mol. The minimum Gasteiger partial charge on any atom is -0.335 e. The number of nitriles is 1. The second kappa shape index (κ2) is 15.7. The van der Waals surface area contributed by atoms with Gasteiger partial charge in [-0.2, -0.15) is 5.26 Å². The predicted octanol–water partition coefficient (Wildman–Crippen LogP) is 17.3. The molecule has 346 valence electrons. The summed E-state index contributed by atoms with van der Waals surface area (Å²) in [5.74, 6) is 0. The van der Waals surface area contributed by atoms with Crippen molar-refractivity contribution >= 4 is 28.4 Å². The summed E-state index contributed by atoms with van der Waals surface area (Å²) in [6.07, 6.45) is 9.37. The molecule has 8 aromatic rings. The molecule has 0 spiro atoms. The van der Waals surface area contributed by atoms with Crippen LogP contribution in [0.1, 0.15) is 118 Å². The van der Waals surface area contributed by atoms with Gasteiger partial charge in [0.1, 0.15) is 0 Å². The molecule has 4 unspecified atom stereocenters. The summed E-state index contributed by atoms with van der Waals surface area (Å²) in [6.45, 7) is 17.6. The van der Waals surface area contributed by atoms with E-state index >= 15 is 0 Å². The van der Waals surface area contributed by atoms with Gasteiger partial charge in [-0.1, -0.05) is 149 Å². The summed E-state index contributed by atoms with van der Waals surface area (Å²) in [5, 5.41) is 9.65. The van der Waals surface area contributed by atoms with Gasteiger partial charge in [0.05, 0.1) is 34.7 Å². The van der Waals surface area contributed by atoms with E-state index in [9.17, 15) is 5.26 Å². The lowest BCUT2D eigenvalue weighted by Crippen LogP contribution is -2.54. The number of benzene rings is 8. The van der Waals surface area contributed by atoms with Crippen molar-refractivity contribution in [1.29, 1.82) is 5.26 Å². The van der Waals surface area contributed by atoms with Crippen molar-refractivity contribution < 1.29 is 0 Å². The van der Waals surface area contributed by atoms with Crippen LogP contribution in [0.2, 0.25) is 0 Å². The molecule has 0 radical (unpaired) electrons. The average molecular weight is 919 g/mol. The Balaban J connectivity index is 0.970. The van der Waals surface area contributed by atoms with Crippen molar-refractivity contribution in [2.45, 2.75) is 106 Å². The van der Waals surface area contributed by atoms with Gasteiger partial charge in [0, 0.05) is 33.6 Å². The smallest absolute Gasteiger partial charge is 0.187 e. The van der Waals surface area contributed by atoms with Gasteiger partial charge in [-0.15, -0.1) is 0 Å². The first-order valence-electron chi connectivity index (χ1n) is 25.8. The molecule has 71 heavy (non-hydrogen) atoms. The number of hydrogen-bond donors (Lipinski definition) is 0. The largest absolute Gasteiger partial charge is 0.335 e. The third-order valence-corrected chi connectivity index (χ3v) is 18.9. The van der Waals surface area contributed by atoms with E-state index in [4.69, 9.17) is 6.57 Å². The molecule has 5 aliphatic rings. The Bertz CT molecular complexity index is 3290. The van der Waals surface area contributed by atoms with Crippen molar-refractivity contribution in [3.63, 3.8) is 0 Å². The highest BCUT2D eigenvalue weighted by Gasteiger charge is 2.59. The van der Waals surface area contributed by atoms with Crippen LogP contribution in [0, 0.1) is 17.9 Å². The zero-order valence-electron chi connectivity index (χ0n) is 41.3. The van der Waals surface area contributed by atoms with E-state index < -0.39 is 5.41 Å². The zero-order chi connectivity index (χ0) is 48.3. The SMILES string of the molecule is [C-]#[N+]c1ccc(N2c3ccc(-c4ccc5c(c4)C(c4ccccc4)(c4ccccc4)c4cc(-c6ccc7c(c6)C6(C)CCCCC6(C)N7c6ccc(C#N)cc6)ccc4-5)cc3C3(C)CCCCC23C)cc1. The van der Waals surface area contributed by atoms with E-state index in [0.717, 1.165) is 37.1 Å². The Kier molecular flexibility index (Phi) is 9.57. The molecule has 13 rings (SSSR count). The first-order valence-corrected chi connectivity index (χ1v) is 25.8. The number of hydrogen-bond acceptors (Lipinski definition) is 3. The summed E-state index contributed by atoms with van der Waals surface area (Å²) in [4.78, 5) is 8.91. The van der Waals surface area contributed by atoms with Crippen LogP contribution >= 0.6 is 0 Å². The molecule has 2 aliphatic heterocycles. The van der Waals surface area contributed by atoms with Gasteiger partial charge in [0.25, 0.3) is 0 Å².